The molecule has 1 heterocycles. The maximum atomic E-state index is 13.4. The van der Waals surface area contributed by atoms with Crippen LogP contribution < -0.4 is 21.0 Å². The number of rotatable bonds is 9. The molecule has 0 aliphatic rings. The number of carbonyl (C=O) groups excluding carboxylic acids is 3. The summed E-state index contributed by atoms with van der Waals surface area (Å²) in [6, 6.07) is 9.19. The second-order valence-electron chi connectivity index (χ2n) is 9.31. The van der Waals surface area contributed by atoms with Gasteiger partial charge >= 0.3 is 11.7 Å². The molecule has 2 aromatic carbocycles. The van der Waals surface area contributed by atoms with Gasteiger partial charge in [-0.25, -0.2) is 18.0 Å². The quantitative estimate of drug-likeness (QED) is 0.366. The molecule has 0 spiro atoms. The lowest BCUT2D eigenvalue weighted by Gasteiger charge is -2.21. The number of amides is 3. The van der Waals surface area contributed by atoms with Crippen LogP contribution in [-0.2, 0) is 26.0 Å². The highest BCUT2D eigenvalue weighted by Crippen LogP contribution is 2.29. The van der Waals surface area contributed by atoms with E-state index in [1.807, 2.05) is 0 Å². The number of likely N-dealkylation sites (N-methyl/N-ethyl adjacent to an activating group) is 2. The van der Waals surface area contributed by atoms with E-state index >= 15 is 0 Å². The number of nitrogens with zero attached hydrogens (tertiary/aromatic N) is 2. The number of hydrogen-bond donors (Lipinski definition) is 2. The summed E-state index contributed by atoms with van der Waals surface area (Å²) in [7, 11) is 1.59. The third-order valence-electron chi connectivity index (χ3n) is 6.26. The highest BCUT2D eigenvalue weighted by molar-refractivity contribution is 7.89. The molecule has 3 amide bonds. The molecule has 0 saturated heterocycles. The van der Waals surface area contributed by atoms with E-state index < -0.39 is 46.6 Å². The minimum atomic E-state index is -4.24. The zero-order valence-electron chi connectivity index (χ0n) is 23.2. The first kappa shape index (κ1) is 30.3. The zero-order valence-corrected chi connectivity index (χ0v) is 24.0. The molecular formula is C27H32N4O8S. The Morgan fingerprint density at radius 1 is 0.975 bits per heavy atom. The van der Waals surface area contributed by atoms with Crippen molar-refractivity contribution in [1.29, 1.82) is 0 Å². The van der Waals surface area contributed by atoms with E-state index in [9.17, 15) is 27.6 Å². The summed E-state index contributed by atoms with van der Waals surface area (Å²) < 4.78 is 38.5. The fraction of sp³-hybridized carbons (Fsp3) is 0.333. The Balaban J connectivity index is 1.99. The van der Waals surface area contributed by atoms with Crippen molar-refractivity contribution in [3.63, 3.8) is 0 Å². The minimum Gasteiger partial charge on any atom is -0.422 e. The number of ether oxygens (including phenoxy) is 1. The van der Waals surface area contributed by atoms with Gasteiger partial charge in [0, 0.05) is 51.6 Å². The second kappa shape index (κ2) is 12.3. The summed E-state index contributed by atoms with van der Waals surface area (Å²) in [6.45, 7) is 2.43. The Hall–Kier alpha value is -4.23. The third-order valence-corrected chi connectivity index (χ3v) is 8.05. The smallest absolute Gasteiger partial charge is 0.414 e. The molecule has 0 unspecified atom stereocenters. The van der Waals surface area contributed by atoms with Crippen molar-refractivity contribution in [2.24, 2.45) is 0 Å². The van der Waals surface area contributed by atoms with E-state index in [1.165, 1.54) is 43.3 Å². The molecule has 2 N–H and O–H groups in total. The first-order valence-corrected chi connectivity index (χ1v) is 13.7. The normalized spacial score (nSPS) is 11.4. The predicted molar refractivity (Wildman–Crippen MR) is 148 cm³/mol. The van der Waals surface area contributed by atoms with Crippen molar-refractivity contribution < 1.29 is 32.0 Å². The van der Waals surface area contributed by atoms with Crippen LogP contribution >= 0.6 is 0 Å². The lowest BCUT2D eigenvalue weighted by Crippen LogP contribution is -2.44. The lowest BCUT2D eigenvalue weighted by atomic mass is 9.98. The molecule has 0 aliphatic carbocycles. The Morgan fingerprint density at radius 2 is 1.60 bits per heavy atom. The van der Waals surface area contributed by atoms with Crippen LogP contribution in [0.4, 0.5) is 4.79 Å². The topological polar surface area (TPSA) is 155 Å². The van der Waals surface area contributed by atoms with Gasteiger partial charge in [-0.3, -0.25) is 9.59 Å². The average molecular weight is 573 g/mol. The molecule has 0 radical (unpaired) electrons. The van der Waals surface area contributed by atoms with E-state index in [1.54, 1.807) is 40.1 Å². The molecule has 0 saturated carbocycles. The largest absolute Gasteiger partial charge is 0.422 e. The molecule has 13 heteroatoms. The van der Waals surface area contributed by atoms with Crippen molar-refractivity contribution >= 4 is 38.9 Å². The van der Waals surface area contributed by atoms with Gasteiger partial charge in [0.1, 0.15) is 11.3 Å². The Morgan fingerprint density at radius 3 is 2.17 bits per heavy atom. The van der Waals surface area contributed by atoms with Crippen molar-refractivity contribution in [3.05, 3.63) is 69.1 Å². The van der Waals surface area contributed by atoms with Gasteiger partial charge in [0.05, 0.1) is 18.0 Å². The standard InChI is InChI=1S/C27H32N4O8S/c1-16-10-20-17(2)21(26(34)38-23(20)13-22(16)39-27(35)30(5)6)12-18-8-7-9-19(11-18)40(36,37)31(14-24(32)28-3)15-25(33)29-4/h7-11,13H,12,14-15H2,1-6H3,(H,28,32)(H,29,33). The van der Waals surface area contributed by atoms with Gasteiger partial charge in [-0.15, -0.1) is 0 Å². The minimum absolute atomic E-state index is 0.0643. The molecular weight excluding hydrogens is 540 g/mol. The molecule has 0 bridgehead atoms. The highest BCUT2D eigenvalue weighted by Gasteiger charge is 2.28. The maximum absolute atomic E-state index is 13.4. The van der Waals surface area contributed by atoms with Crippen molar-refractivity contribution in [2.45, 2.75) is 25.2 Å². The van der Waals surface area contributed by atoms with Gasteiger partial charge in [0.15, 0.2) is 0 Å². The first-order valence-electron chi connectivity index (χ1n) is 12.2. The molecule has 214 valence electrons. The second-order valence-corrected chi connectivity index (χ2v) is 11.3. The zero-order chi connectivity index (χ0) is 29.8. The summed E-state index contributed by atoms with van der Waals surface area (Å²) in [5.74, 6) is -0.900. The average Bonchev–Trinajstić information content (AvgIpc) is 2.91. The third kappa shape index (κ3) is 6.66. The summed E-state index contributed by atoms with van der Waals surface area (Å²) in [6.07, 6.45) is -0.508. The Kier molecular flexibility index (Phi) is 9.32. The Labute approximate surface area is 231 Å². The van der Waals surface area contributed by atoms with Crippen molar-refractivity contribution in [1.82, 2.24) is 19.8 Å². The Bertz CT molecular complexity index is 1610. The fourth-order valence-electron chi connectivity index (χ4n) is 3.90. The molecule has 0 atom stereocenters. The van der Waals surface area contributed by atoms with E-state index in [4.69, 9.17) is 9.15 Å². The van der Waals surface area contributed by atoms with Gasteiger partial charge in [0.2, 0.25) is 21.8 Å². The molecule has 3 rings (SSSR count). The van der Waals surface area contributed by atoms with Crippen LogP contribution in [0.25, 0.3) is 11.0 Å². The molecule has 12 nitrogen and oxygen atoms in total. The van der Waals surface area contributed by atoms with Gasteiger partial charge in [-0.2, -0.15) is 4.31 Å². The number of aryl methyl sites for hydroxylation is 2. The number of benzene rings is 2. The fourth-order valence-corrected chi connectivity index (χ4v) is 5.32. The van der Waals surface area contributed by atoms with Crippen molar-refractivity contribution in [2.75, 3.05) is 41.3 Å². The molecule has 40 heavy (non-hydrogen) atoms. The maximum Gasteiger partial charge on any atom is 0.414 e. The number of fused-ring (bicyclic) bond motifs is 1. The van der Waals surface area contributed by atoms with E-state index in [0.717, 1.165) is 4.31 Å². The number of nitrogens with one attached hydrogen (secondary N) is 2. The van der Waals surface area contributed by atoms with Crippen molar-refractivity contribution in [3.8, 4) is 5.75 Å². The monoisotopic (exact) mass is 572 g/mol. The SMILES string of the molecule is CNC(=O)CN(CC(=O)NC)S(=O)(=O)c1cccc(Cc2c(C)c3cc(C)c(OC(=O)N(C)C)cc3oc2=O)c1. The summed E-state index contributed by atoms with van der Waals surface area (Å²) in [5.41, 5.74) is 1.75. The van der Waals surface area contributed by atoms with Gasteiger partial charge in [-0.05, 0) is 48.7 Å². The molecule has 1 aromatic heterocycles. The highest BCUT2D eigenvalue weighted by atomic mass is 32.2. The van der Waals surface area contributed by atoms with Crippen LogP contribution in [0.5, 0.6) is 5.75 Å². The van der Waals surface area contributed by atoms with E-state index in [-0.39, 0.29) is 22.6 Å². The van der Waals surface area contributed by atoms with Crippen LogP contribution in [0.15, 0.2) is 50.5 Å². The molecule has 0 aliphatic heterocycles. The van der Waals surface area contributed by atoms with E-state index in [2.05, 4.69) is 10.6 Å². The summed E-state index contributed by atoms with van der Waals surface area (Å²) in [4.78, 5) is 50.1. The van der Waals surface area contributed by atoms with Crippen LogP contribution in [0, 0.1) is 13.8 Å². The number of carbonyl (C=O) groups is 3. The van der Waals surface area contributed by atoms with Gasteiger partial charge < -0.3 is 24.7 Å². The summed E-state index contributed by atoms with van der Waals surface area (Å²) in [5, 5.41) is 5.35. The van der Waals surface area contributed by atoms with Crippen LogP contribution in [0.1, 0.15) is 22.3 Å². The summed E-state index contributed by atoms with van der Waals surface area (Å²) >= 11 is 0. The van der Waals surface area contributed by atoms with Crippen LogP contribution in [-0.4, -0.2) is 76.8 Å². The first-order chi connectivity index (χ1) is 18.8. The molecule has 3 aromatic rings. The van der Waals surface area contributed by atoms with Crippen LogP contribution in [0.2, 0.25) is 0 Å². The van der Waals surface area contributed by atoms with Gasteiger partial charge in [-0.1, -0.05) is 12.1 Å². The number of hydrogen-bond acceptors (Lipinski definition) is 8. The predicted octanol–water partition coefficient (Wildman–Crippen LogP) is 1.54. The van der Waals surface area contributed by atoms with Crippen LogP contribution in [0.3, 0.4) is 0 Å². The van der Waals surface area contributed by atoms with E-state index in [0.29, 0.717) is 27.6 Å². The molecule has 0 fully saturated rings. The van der Waals surface area contributed by atoms with Gasteiger partial charge in [0.25, 0.3) is 0 Å². The lowest BCUT2D eigenvalue weighted by molar-refractivity contribution is -0.122. The number of sulfonamides is 1.